The minimum Gasteiger partial charge on any atom is -0.393 e. The first-order valence-electron chi connectivity index (χ1n) is 8.27. The van der Waals surface area contributed by atoms with Crippen molar-refractivity contribution in [3.8, 4) is 0 Å². The molecule has 0 spiro atoms. The summed E-state index contributed by atoms with van der Waals surface area (Å²) in [6, 6.07) is 3.90. The Bertz CT molecular complexity index is 555. The highest BCUT2D eigenvalue weighted by Gasteiger charge is 2.35. The maximum Gasteiger partial charge on any atom is 0.225 e. The number of aliphatic hydroxyl groups is 1. The Kier molecular flexibility index (Phi) is 4.91. The van der Waals surface area contributed by atoms with Crippen molar-refractivity contribution >= 4 is 11.8 Å². The minimum atomic E-state index is -0.267. The standard InChI is InChI=1S/C17H23N3O3/c21-15-3-1-14(2-4-15)19-17(23)13-9-16(22)20(11-13)10-12-5-7-18-8-6-12/h5-8,13-15,21H,1-4,9-11H2,(H,19,23). The molecule has 0 bridgehead atoms. The molecular formula is C17H23N3O3. The van der Waals surface area contributed by atoms with E-state index in [1.165, 1.54) is 0 Å². The third-order valence-corrected chi connectivity index (χ3v) is 4.75. The maximum absolute atomic E-state index is 12.4. The molecule has 23 heavy (non-hydrogen) atoms. The van der Waals surface area contributed by atoms with Crippen LogP contribution in [0.25, 0.3) is 0 Å². The van der Waals surface area contributed by atoms with Gasteiger partial charge in [0.05, 0.1) is 12.0 Å². The van der Waals surface area contributed by atoms with Crippen molar-refractivity contribution < 1.29 is 14.7 Å². The van der Waals surface area contributed by atoms with Crippen LogP contribution in [0.1, 0.15) is 37.7 Å². The zero-order valence-electron chi connectivity index (χ0n) is 13.1. The number of carbonyl (C=O) groups excluding carboxylic acids is 2. The second-order valence-electron chi connectivity index (χ2n) is 6.54. The van der Waals surface area contributed by atoms with E-state index in [4.69, 9.17) is 0 Å². The molecule has 3 rings (SSSR count). The van der Waals surface area contributed by atoms with Crippen LogP contribution in [-0.2, 0) is 16.1 Å². The first-order valence-corrected chi connectivity index (χ1v) is 8.27. The molecule has 2 aliphatic rings. The second-order valence-corrected chi connectivity index (χ2v) is 6.54. The number of amides is 2. The van der Waals surface area contributed by atoms with Gasteiger partial charge in [0, 0.05) is 37.9 Å². The van der Waals surface area contributed by atoms with Crippen LogP contribution in [0.5, 0.6) is 0 Å². The van der Waals surface area contributed by atoms with E-state index in [0.29, 0.717) is 13.1 Å². The van der Waals surface area contributed by atoms with Gasteiger partial charge in [0.2, 0.25) is 11.8 Å². The third-order valence-electron chi connectivity index (χ3n) is 4.75. The zero-order chi connectivity index (χ0) is 16.2. The highest BCUT2D eigenvalue weighted by molar-refractivity contribution is 5.89. The lowest BCUT2D eigenvalue weighted by Gasteiger charge is -2.27. The summed E-state index contributed by atoms with van der Waals surface area (Å²) in [5.41, 5.74) is 1.02. The molecule has 1 atom stereocenters. The van der Waals surface area contributed by atoms with Gasteiger partial charge >= 0.3 is 0 Å². The molecule has 1 aromatic rings. The van der Waals surface area contributed by atoms with Crippen molar-refractivity contribution in [2.24, 2.45) is 5.92 Å². The molecule has 6 nitrogen and oxygen atoms in total. The lowest BCUT2D eigenvalue weighted by atomic mass is 9.92. The fraction of sp³-hybridized carbons (Fsp3) is 0.588. The van der Waals surface area contributed by atoms with E-state index < -0.39 is 0 Å². The molecule has 1 aromatic heterocycles. The molecule has 124 valence electrons. The van der Waals surface area contributed by atoms with Gasteiger partial charge in [-0.1, -0.05) is 0 Å². The Balaban J connectivity index is 1.51. The van der Waals surface area contributed by atoms with Crippen molar-refractivity contribution in [3.05, 3.63) is 30.1 Å². The lowest BCUT2D eigenvalue weighted by Crippen LogP contribution is -2.42. The smallest absolute Gasteiger partial charge is 0.225 e. The summed E-state index contributed by atoms with van der Waals surface area (Å²) >= 11 is 0. The monoisotopic (exact) mass is 317 g/mol. The highest BCUT2D eigenvalue weighted by Crippen LogP contribution is 2.22. The molecule has 2 N–H and O–H groups in total. The predicted octanol–water partition coefficient (Wildman–Crippen LogP) is 0.850. The molecule has 2 fully saturated rings. The van der Waals surface area contributed by atoms with Crippen LogP contribution < -0.4 is 5.32 Å². The van der Waals surface area contributed by atoms with Gasteiger partial charge in [-0.05, 0) is 43.4 Å². The number of nitrogens with one attached hydrogen (secondary N) is 1. The Morgan fingerprint density at radius 1 is 1.26 bits per heavy atom. The molecular weight excluding hydrogens is 294 g/mol. The number of nitrogens with zero attached hydrogens (tertiary/aromatic N) is 2. The third kappa shape index (κ3) is 4.07. The van der Waals surface area contributed by atoms with E-state index in [9.17, 15) is 14.7 Å². The molecule has 1 aliphatic carbocycles. The van der Waals surface area contributed by atoms with Crippen molar-refractivity contribution in [1.29, 1.82) is 0 Å². The average Bonchev–Trinajstić information content (AvgIpc) is 2.92. The van der Waals surface area contributed by atoms with Gasteiger partial charge < -0.3 is 15.3 Å². The molecule has 2 amide bonds. The normalized spacial score (nSPS) is 28.0. The first kappa shape index (κ1) is 15.9. The van der Waals surface area contributed by atoms with E-state index in [1.54, 1.807) is 17.3 Å². The topological polar surface area (TPSA) is 82.5 Å². The molecule has 0 aromatic carbocycles. The van der Waals surface area contributed by atoms with Crippen molar-refractivity contribution in [2.75, 3.05) is 6.54 Å². The summed E-state index contributed by atoms with van der Waals surface area (Å²) in [5, 5.41) is 12.6. The van der Waals surface area contributed by atoms with Crippen LogP contribution in [0.3, 0.4) is 0 Å². The van der Waals surface area contributed by atoms with Crippen molar-refractivity contribution in [2.45, 2.75) is 50.8 Å². The molecule has 2 heterocycles. The van der Waals surface area contributed by atoms with Gasteiger partial charge in [0.15, 0.2) is 0 Å². The molecule has 1 saturated heterocycles. The summed E-state index contributed by atoms with van der Waals surface area (Å²) in [4.78, 5) is 30.2. The quantitative estimate of drug-likeness (QED) is 0.862. The van der Waals surface area contributed by atoms with E-state index in [1.807, 2.05) is 12.1 Å². The Labute approximate surface area is 135 Å². The largest absolute Gasteiger partial charge is 0.393 e. The number of rotatable bonds is 4. The van der Waals surface area contributed by atoms with Gasteiger partial charge in [0.25, 0.3) is 0 Å². The van der Waals surface area contributed by atoms with Gasteiger partial charge in [0.1, 0.15) is 0 Å². The van der Waals surface area contributed by atoms with Crippen molar-refractivity contribution in [1.82, 2.24) is 15.2 Å². The molecule has 0 radical (unpaired) electrons. The number of pyridine rings is 1. The van der Waals surface area contributed by atoms with Crippen LogP contribution in [0.4, 0.5) is 0 Å². The average molecular weight is 317 g/mol. The van der Waals surface area contributed by atoms with Crippen LogP contribution in [0.2, 0.25) is 0 Å². The number of hydrogen-bond donors (Lipinski definition) is 2. The number of hydrogen-bond acceptors (Lipinski definition) is 4. The van der Waals surface area contributed by atoms with E-state index in [-0.39, 0.29) is 36.3 Å². The minimum absolute atomic E-state index is 0.0287. The molecule has 6 heteroatoms. The Morgan fingerprint density at radius 2 is 1.96 bits per heavy atom. The fourth-order valence-electron chi connectivity index (χ4n) is 3.35. The SMILES string of the molecule is O=C(NC1CCC(O)CC1)C1CC(=O)N(Cc2ccncc2)C1. The maximum atomic E-state index is 12.4. The number of likely N-dealkylation sites (tertiary alicyclic amines) is 1. The van der Waals surface area contributed by atoms with Gasteiger partial charge in [-0.2, -0.15) is 0 Å². The number of aliphatic hydroxyl groups excluding tert-OH is 1. The van der Waals surface area contributed by atoms with Gasteiger partial charge in [-0.3, -0.25) is 14.6 Å². The molecule has 1 unspecified atom stereocenters. The summed E-state index contributed by atoms with van der Waals surface area (Å²) in [6.07, 6.45) is 6.57. The van der Waals surface area contributed by atoms with Crippen LogP contribution in [0, 0.1) is 5.92 Å². The Morgan fingerprint density at radius 3 is 2.65 bits per heavy atom. The van der Waals surface area contributed by atoms with E-state index >= 15 is 0 Å². The molecule has 1 aliphatic heterocycles. The Hall–Kier alpha value is -1.95. The summed E-state index contributed by atoms with van der Waals surface area (Å²) in [6.45, 7) is 1.00. The van der Waals surface area contributed by atoms with Gasteiger partial charge in [-0.25, -0.2) is 0 Å². The van der Waals surface area contributed by atoms with Crippen LogP contribution >= 0.6 is 0 Å². The summed E-state index contributed by atoms with van der Waals surface area (Å²) < 4.78 is 0. The zero-order valence-corrected chi connectivity index (χ0v) is 13.1. The van der Waals surface area contributed by atoms with Crippen molar-refractivity contribution in [3.63, 3.8) is 0 Å². The van der Waals surface area contributed by atoms with Gasteiger partial charge in [-0.15, -0.1) is 0 Å². The van der Waals surface area contributed by atoms with E-state index in [2.05, 4.69) is 10.3 Å². The predicted molar refractivity (Wildman–Crippen MR) is 84.2 cm³/mol. The fourth-order valence-corrected chi connectivity index (χ4v) is 3.35. The van der Waals surface area contributed by atoms with Crippen LogP contribution in [0.15, 0.2) is 24.5 Å². The summed E-state index contributed by atoms with van der Waals surface area (Å²) in [7, 11) is 0. The summed E-state index contributed by atoms with van der Waals surface area (Å²) in [5.74, 6) is -0.269. The first-order chi connectivity index (χ1) is 11.1. The number of aromatic nitrogens is 1. The number of carbonyl (C=O) groups is 2. The van der Waals surface area contributed by atoms with Crippen LogP contribution in [-0.4, -0.2) is 45.5 Å². The second kappa shape index (κ2) is 7.08. The molecule has 1 saturated carbocycles. The van der Waals surface area contributed by atoms with E-state index in [0.717, 1.165) is 31.2 Å². The lowest BCUT2D eigenvalue weighted by molar-refractivity contribution is -0.129. The highest BCUT2D eigenvalue weighted by atomic mass is 16.3.